The van der Waals surface area contributed by atoms with Crippen LogP contribution in [0.1, 0.15) is 5.56 Å². The van der Waals surface area contributed by atoms with Crippen LogP contribution in [0.5, 0.6) is 5.75 Å². The molecule has 0 atom stereocenters. The lowest BCUT2D eigenvalue weighted by Crippen LogP contribution is -1.98. The summed E-state index contributed by atoms with van der Waals surface area (Å²) in [6.45, 7) is 0.663. The van der Waals surface area contributed by atoms with Gasteiger partial charge in [-0.25, -0.2) is 0 Å². The molecule has 0 aliphatic rings. The number of hydrogen-bond donors (Lipinski definition) is 0. The van der Waals surface area contributed by atoms with Crippen LogP contribution in [-0.2, 0) is 6.54 Å². The topological polar surface area (TPSA) is 39.9 Å². The number of methoxy groups -OCH3 is 1. The molecule has 1 aromatic carbocycles. The van der Waals surface area contributed by atoms with Gasteiger partial charge >= 0.3 is 0 Å². The second kappa shape index (κ2) is 4.31. The van der Waals surface area contributed by atoms with Crippen molar-refractivity contribution in [3.05, 3.63) is 41.4 Å². The predicted octanol–water partition coefficient (Wildman–Crippen LogP) is 1.99. The van der Waals surface area contributed by atoms with E-state index in [1.54, 1.807) is 18.0 Å². The molecular formula is C10H10ClN3O. The Morgan fingerprint density at radius 1 is 1.33 bits per heavy atom. The van der Waals surface area contributed by atoms with Crippen molar-refractivity contribution in [3.8, 4) is 5.75 Å². The monoisotopic (exact) mass is 223 g/mol. The highest BCUT2D eigenvalue weighted by atomic mass is 35.5. The van der Waals surface area contributed by atoms with Gasteiger partial charge in [0.1, 0.15) is 12.1 Å². The maximum atomic E-state index is 5.81. The molecule has 0 saturated heterocycles. The van der Waals surface area contributed by atoms with E-state index in [1.165, 1.54) is 0 Å². The van der Waals surface area contributed by atoms with Gasteiger partial charge in [0.2, 0.25) is 5.28 Å². The lowest BCUT2D eigenvalue weighted by molar-refractivity contribution is 0.414. The van der Waals surface area contributed by atoms with E-state index in [2.05, 4.69) is 10.2 Å². The molecule has 0 saturated carbocycles. The maximum absolute atomic E-state index is 5.81. The second-order valence-electron chi connectivity index (χ2n) is 3.08. The Morgan fingerprint density at radius 3 is 2.60 bits per heavy atom. The lowest BCUT2D eigenvalue weighted by Gasteiger charge is -2.04. The van der Waals surface area contributed by atoms with Gasteiger partial charge in [-0.3, -0.25) is 4.57 Å². The first-order valence-corrected chi connectivity index (χ1v) is 4.83. The molecule has 1 aromatic heterocycles. The molecule has 2 rings (SSSR count). The van der Waals surface area contributed by atoms with Crippen LogP contribution in [0.4, 0.5) is 0 Å². The summed E-state index contributed by atoms with van der Waals surface area (Å²) < 4.78 is 6.84. The minimum atomic E-state index is 0.394. The number of ether oxygens (including phenoxy) is 1. The normalized spacial score (nSPS) is 10.3. The maximum Gasteiger partial charge on any atom is 0.225 e. The minimum Gasteiger partial charge on any atom is -0.497 e. The third-order valence-corrected chi connectivity index (χ3v) is 2.37. The van der Waals surface area contributed by atoms with Crippen molar-refractivity contribution in [1.82, 2.24) is 14.8 Å². The second-order valence-corrected chi connectivity index (χ2v) is 3.41. The van der Waals surface area contributed by atoms with Crippen LogP contribution < -0.4 is 4.74 Å². The van der Waals surface area contributed by atoms with Crippen molar-refractivity contribution in [2.24, 2.45) is 0 Å². The van der Waals surface area contributed by atoms with Gasteiger partial charge in [0.25, 0.3) is 0 Å². The lowest BCUT2D eigenvalue weighted by atomic mass is 10.2. The summed E-state index contributed by atoms with van der Waals surface area (Å²) in [5.41, 5.74) is 1.12. The zero-order valence-electron chi connectivity index (χ0n) is 8.22. The zero-order valence-corrected chi connectivity index (χ0v) is 8.98. The third kappa shape index (κ3) is 2.27. The van der Waals surface area contributed by atoms with E-state index in [4.69, 9.17) is 16.3 Å². The van der Waals surface area contributed by atoms with Crippen LogP contribution in [0.3, 0.4) is 0 Å². The fourth-order valence-electron chi connectivity index (χ4n) is 1.27. The van der Waals surface area contributed by atoms with Gasteiger partial charge in [-0.2, -0.15) is 0 Å². The summed E-state index contributed by atoms with van der Waals surface area (Å²) in [6.07, 6.45) is 1.60. The van der Waals surface area contributed by atoms with Gasteiger partial charge in [-0.05, 0) is 29.3 Å². The summed E-state index contributed by atoms with van der Waals surface area (Å²) in [5, 5.41) is 7.80. The highest BCUT2D eigenvalue weighted by Gasteiger charge is 2.01. The van der Waals surface area contributed by atoms with Crippen molar-refractivity contribution in [3.63, 3.8) is 0 Å². The van der Waals surface area contributed by atoms with Gasteiger partial charge in [-0.15, -0.1) is 10.2 Å². The molecule has 0 amide bonds. The van der Waals surface area contributed by atoms with Crippen molar-refractivity contribution >= 4 is 11.6 Å². The quantitative estimate of drug-likeness (QED) is 0.799. The van der Waals surface area contributed by atoms with Gasteiger partial charge in [0, 0.05) is 0 Å². The Balaban J connectivity index is 2.14. The summed E-state index contributed by atoms with van der Waals surface area (Å²) >= 11 is 5.81. The molecule has 5 heteroatoms. The van der Waals surface area contributed by atoms with Crippen LogP contribution in [0.15, 0.2) is 30.6 Å². The Morgan fingerprint density at radius 2 is 2.07 bits per heavy atom. The standard InChI is InChI=1S/C10H10ClN3O/c1-15-9-4-2-8(3-5-9)6-14-7-12-13-10(14)11/h2-5,7H,6H2,1H3. The van der Waals surface area contributed by atoms with Crippen LogP contribution in [0.2, 0.25) is 5.28 Å². The van der Waals surface area contributed by atoms with Crippen LogP contribution in [0, 0.1) is 0 Å². The van der Waals surface area contributed by atoms with Gasteiger partial charge < -0.3 is 4.74 Å². The van der Waals surface area contributed by atoms with Crippen LogP contribution in [-0.4, -0.2) is 21.9 Å². The molecule has 0 spiro atoms. The summed E-state index contributed by atoms with van der Waals surface area (Å²) in [4.78, 5) is 0. The van der Waals surface area contributed by atoms with Crippen LogP contribution >= 0.6 is 11.6 Å². The highest BCUT2D eigenvalue weighted by molar-refractivity contribution is 6.28. The van der Waals surface area contributed by atoms with E-state index in [-0.39, 0.29) is 0 Å². The van der Waals surface area contributed by atoms with E-state index >= 15 is 0 Å². The van der Waals surface area contributed by atoms with E-state index in [9.17, 15) is 0 Å². The van der Waals surface area contributed by atoms with E-state index in [0.29, 0.717) is 11.8 Å². The predicted molar refractivity (Wildman–Crippen MR) is 57.1 cm³/mol. The molecule has 15 heavy (non-hydrogen) atoms. The smallest absolute Gasteiger partial charge is 0.225 e. The third-order valence-electron chi connectivity index (χ3n) is 2.08. The van der Waals surface area contributed by atoms with Gasteiger partial charge in [0.05, 0.1) is 13.7 Å². The van der Waals surface area contributed by atoms with E-state index in [0.717, 1.165) is 11.3 Å². The van der Waals surface area contributed by atoms with E-state index < -0.39 is 0 Å². The van der Waals surface area contributed by atoms with Crippen molar-refractivity contribution < 1.29 is 4.74 Å². The SMILES string of the molecule is COc1ccc(Cn2cnnc2Cl)cc1. The molecule has 0 unspecified atom stereocenters. The molecular weight excluding hydrogens is 214 g/mol. The number of nitrogens with zero attached hydrogens (tertiary/aromatic N) is 3. The van der Waals surface area contributed by atoms with E-state index in [1.807, 2.05) is 24.3 Å². The van der Waals surface area contributed by atoms with Crippen LogP contribution in [0.25, 0.3) is 0 Å². The Hall–Kier alpha value is -1.55. The summed E-state index contributed by atoms with van der Waals surface area (Å²) in [5.74, 6) is 0.841. The van der Waals surface area contributed by atoms with Crippen molar-refractivity contribution in [2.45, 2.75) is 6.54 Å². The molecule has 0 aliphatic carbocycles. The Kier molecular flexibility index (Phi) is 2.87. The van der Waals surface area contributed by atoms with Gasteiger partial charge in [0.15, 0.2) is 0 Å². The molecule has 0 aliphatic heterocycles. The zero-order chi connectivity index (χ0) is 10.7. The molecule has 0 bridgehead atoms. The molecule has 2 aromatic rings. The molecule has 0 radical (unpaired) electrons. The Bertz CT molecular complexity index is 438. The molecule has 78 valence electrons. The average Bonchev–Trinajstić information content (AvgIpc) is 2.66. The largest absolute Gasteiger partial charge is 0.497 e. The summed E-state index contributed by atoms with van der Waals surface area (Å²) in [7, 11) is 1.64. The average molecular weight is 224 g/mol. The highest BCUT2D eigenvalue weighted by Crippen LogP contribution is 2.13. The summed E-state index contributed by atoms with van der Waals surface area (Å²) in [6, 6.07) is 7.78. The Labute approximate surface area is 92.5 Å². The van der Waals surface area contributed by atoms with Crippen molar-refractivity contribution in [2.75, 3.05) is 7.11 Å². The van der Waals surface area contributed by atoms with Crippen molar-refractivity contribution in [1.29, 1.82) is 0 Å². The molecule has 1 heterocycles. The molecule has 0 fully saturated rings. The number of hydrogen-bond acceptors (Lipinski definition) is 3. The number of halogens is 1. The first-order chi connectivity index (χ1) is 7.29. The fourth-order valence-corrected chi connectivity index (χ4v) is 1.42. The number of rotatable bonds is 3. The number of aromatic nitrogens is 3. The number of benzene rings is 1. The molecule has 4 nitrogen and oxygen atoms in total. The van der Waals surface area contributed by atoms with Gasteiger partial charge in [-0.1, -0.05) is 12.1 Å². The first kappa shape index (κ1) is 9.98. The minimum absolute atomic E-state index is 0.394. The first-order valence-electron chi connectivity index (χ1n) is 4.46. The molecule has 0 N–H and O–H groups in total. The fraction of sp³-hybridized carbons (Fsp3) is 0.200.